The number of benzene rings is 4. The maximum Gasteiger partial charge on any atom is 0.501 e. The molecule has 624 valence electrons. The van der Waals surface area contributed by atoms with E-state index >= 15 is 0 Å². The Morgan fingerprint density at radius 2 is 0.339 bits per heavy atom. The standard InChI is InChI=1S/C92H148B4O16/c1-13-25-29-33-37-41-45-49-53-57-69-73-61-75-70(58-54-50-46-42-38-34-30-26-14-2)77-63-79-72(60-56-52-48-44-40-36-32-28-16-4)80-64-78-71(59-55-51-47-43-39-35-31-27-15-3)76-62-74(69)86-82(94(107-19-7)108-20-8)88(76)100-67-102-90(78)84(96(111-23-11)112-24-12)92(80)104-68-103-91(79)83(95(109-21-9)110-22-10)89(77)101-66-99-87(75)81(85(73)97-65-98-86)93(105-17-5)106-18-6/h61-64,69-72H,13-60,65-68H2,1-12H3. The van der Waals surface area contributed by atoms with Crippen LogP contribution in [0.1, 0.15) is 408 Å². The van der Waals surface area contributed by atoms with E-state index in [2.05, 4.69) is 52.0 Å². The SMILES string of the molecule is CCCCCCCCCCCC1c2cc3c4c(B(OCC)OCC)c2OCOc2c1cc1c(c2B(OCC)OCC)OCOc2c(cc5c(c2B(OCC)OCC)OCOc2c(cc(c(c2B(OCC)OCC)OCO4)C3CCCCCCCCCCC)C5CCCCCCCCCCC)C1CCCCCCCCCCC. The largest absolute Gasteiger partial charge is 0.501 e. The van der Waals surface area contributed by atoms with Crippen molar-refractivity contribution < 1.29 is 75.1 Å². The van der Waals surface area contributed by atoms with Gasteiger partial charge in [0, 0.05) is 121 Å². The summed E-state index contributed by atoms with van der Waals surface area (Å²) in [5.74, 6) is 3.81. The van der Waals surface area contributed by atoms with Crippen LogP contribution in [0.25, 0.3) is 0 Å². The van der Waals surface area contributed by atoms with Crippen molar-refractivity contribution >= 4 is 50.3 Å². The number of unbranched alkanes of at least 4 members (excludes halogenated alkanes) is 32. The minimum absolute atomic E-state index is 0.168. The van der Waals surface area contributed by atoms with Gasteiger partial charge in [-0.2, -0.15) is 0 Å². The van der Waals surface area contributed by atoms with Gasteiger partial charge in [0.1, 0.15) is 46.0 Å². The Labute approximate surface area is 680 Å². The van der Waals surface area contributed by atoms with Crippen molar-refractivity contribution in [2.24, 2.45) is 0 Å². The average Bonchev–Trinajstić information content (AvgIpc) is 0.716. The predicted octanol–water partition coefficient (Wildman–Crippen LogP) is 22.2. The third-order valence-corrected chi connectivity index (χ3v) is 23.8. The average molecular weight is 1550 g/mol. The molecule has 4 aromatic rings. The third-order valence-electron chi connectivity index (χ3n) is 23.8. The quantitative estimate of drug-likeness (QED) is 0.0305. The topological polar surface area (TPSA) is 148 Å². The molecule has 112 heavy (non-hydrogen) atoms. The summed E-state index contributed by atoms with van der Waals surface area (Å²) in [4.78, 5) is 0. The molecule has 16 nitrogen and oxygen atoms in total. The zero-order valence-electron chi connectivity index (χ0n) is 72.2. The van der Waals surface area contributed by atoms with Crippen LogP contribution < -0.4 is 59.7 Å². The second-order valence-electron chi connectivity index (χ2n) is 31.8. The Balaban J connectivity index is 1.47. The van der Waals surface area contributed by atoms with Crippen LogP contribution >= 0.6 is 0 Å². The molecule has 4 heterocycles. The zero-order chi connectivity index (χ0) is 79.1. The van der Waals surface area contributed by atoms with Gasteiger partial charge in [0.2, 0.25) is 27.2 Å². The van der Waals surface area contributed by atoms with E-state index in [0.29, 0.717) is 121 Å². The first kappa shape index (κ1) is 91.1. The molecule has 0 fully saturated rings. The summed E-state index contributed by atoms with van der Waals surface area (Å²) in [7, 11) is -3.56. The molecular formula is C92H148B4O16. The van der Waals surface area contributed by atoms with Gasteiger partial charge in [-0.1, -0.05) is 259 Å². The lowest BCUT2D eigenvalue weighted by molar-refractivity contribution is 0.100. The molecule has 4 aliphatic heterocycles. The lowest BCUT2D eigenvalue weighted by Crippen LogP contribution is -2.45. The van der Waals surface area contributed by atoms with Crippen molar-refractivity contribution in [3.63, 3.8) is 0 Å². The fourth-order valence-corrected chi connectivity index (χ4v) is 18.3. The van der Waals surface area contributed by atoms with Gasteiger partial charge in [-0.15, -0.1) is 0 Å². The maximum absolute atomic E-state index is 7.46. The predicted molar refractivity (Wildman–Crippen MR) is 460 cm³/mol. The molecule has 0 N–H and O–H groups in total. The van der Waals surface area contributed by atoms with E-state index in [1.165, 1.54) is 154 Å². The lowest BCUT2D eigenvalue weighted by atomic mass is 9.66. The van der Waals surface area contributed by atoms with Crippen LogP contribution in [0.2, 0.25) is 0 Å². The highest BCUT2D eigenvalue weighted by molar-refractivity contribution is 6.65. The monoisotopic (exact) mass is 1550 g/mol. The lowest BCUT2D eigenvalue weighted by Gasteiger charge is -2.38. The van der Waals surface area contributed by atoms with E-state index in [1.807, 2.05) is 55.4 Å². The molecule has 0 radical (unpaired) electrons. The molecule has 9 rings (SSSR count). The molecule has 8 bridgehead atoms. The van der Waals surface area contributed by atoms with Crippen molar-refractivity contribution in [2.75, 3.05) is 80.0 Å². The summed E-state index contributed by atoms with van der Waals surface area (Å²) in [6.45, 7) is 27.8. The maximum atomic E-state index is 7.46. The summed E-state index contributed by atoms with van der Waals surface area (Å²) in [5, 5.41) is 0. The fourth-order valence-electron chi connectivity index (χ4n) is 18.3. The minimum Gasteiger partial charge on any atom is -0.457 e. The molecule has 0 unspecified atom stereocenters. The summed E-state index contributed by atoms with van der Waals surface area (Å²) in [5.41, 5.74) is 11.0. The van der Waals surface area contributed by atoms with Crippen LogP contribution in [-0.4, -0.2) is 109 Å². The molecule has 20 heteroatoms. The van der Waals surface area contributed by atoms with Crippen LogP contribution in [0.4, 0.5) is 0 Å². The van der Waals surface area contributed by atoms with Gasteiger partial charge in [0.15, 0.2) is 0 Å². The minimum atomic E-state index is -0.890. The van der Waals surface area contributed by atoms with Crippen molar-refractivity contribution in [1.82, 2.24) is 0 Å². The molecular weight excluding hydrogens is 1400 g/mol. The van der Waals surface area contributed by atoms with E-state index < -0.39 is 28.5 Å². The highest BCUT2D eigenvalue weighted by atomic mass is 16.7. The molecule has 0 atom stereocenters. The van der Waals surface area contributed by atoms with Gasteiger partial charge >= 0.3 is 28.5 Å². The van der Waals surface area contributed by atoms with Crippen LogP contribution in [0, 0.1) is 0 Å². The van der Waals surface area contributed by atoms with Gasteiger partial charge in [0.25, 0.3) is 0 Å². The second kappa shape index (κ2) is 51.4. The Bertz CT molecular complexity index is 2760. The Kier molecular flexibility index (Phi) is 41.8. The zero-order valence-corrected chi connectivity index (χ0v) is 72.2. The molecule has 5 aliphatic rings. The molecule has 0 amide bonds. The van der Waals surface area contributed by atoms with E-state index in [1.54, 1.807) is 0 Å². The molecule has 0 saturated carbocycles. The van der Waals surface area contributed by atoms with Crippen molar-refractivity contribution in [3.8, 4) is 46.0 Å². The first-order valence-electron chi connectivity index (χ1n) is 46.0. The van der Waals surface area contributed by atoms with Crippen molar-refractivity contribution in [2.45, 2.75) is 364 Å². The first-order chi connectivity index (χ1) is 55.2. The van der Waals surface area contributed by atoms with Gasteiger partial charge in [-0.05, 0) is 105 Å². The smallest absolute Gasteiger partial charge is 0.457 e. The number of hydrogen-bond acceptors (Lipinski definition) is 16. The molecule has 0 aromatic heterocycles. The van der Waals surface area contributed by atoms with Crippen LogP contribution in [0.15, 0.2) is 24.3 Å². The molecule has 4 aromatic carbocycles. The van der Waals surface area contributed by atoms with E-state index in [0.717, 1.165) is 147 Å². The van der Waals surface area contributed by atoms with Crippen LogP contribution in [-0.2, 0) is 37.2 Å². The van der Waals surface area contributed by atoms with Gasteiger partial charge in [0.05, 0.1) is 21.9 Å². The van der Waals surface area contributed by atoms with E-state index in [-0.39, 0.29) is 50.8 Å². The number of rotatable bonds is 60. The highest BCUT2D eigenvalue weighted by Crippen LogP contribution is 2.55. The van der Waals surface area contributed by atoms with Crippen molar-refractivity contribution in [1.29, 1.82) is 0 Å². The summed E-state index contributed by atoms with van der Waals surface area (Å²) < 4.78 is 115. The fraction of sp³-hybridized carbons (Fsp3) is 0.739. The Morgan fingerprint density at radius 3 is 0.473 bits per heavy atom. The normalized spacial score (nSPS) is 16.3. The van der Waals surface area contributed by atoms with E-state index in [4.69, 9.17) is 75.1 Å². The Morgan fingerprint density at radius 1 is 0.205 bits per heavy atom. The molecule has 1 aliphatic carbocycles. The van der Waals surface area contributed by atoms with Crippen molar-refractivity contribution in [3.05, 3.63) is 68.8 Å². The summed E-state index contributed by atoms with van der Waals surface area (Å²) in [6, 6.07) is 9.92. The van der Waals surface area contributed by atoms with Gasteiger partial charge in [-0.25, -0.2) is 0 Å². The second-order valence-corrected chi connectivity index (χ2v) is 31.8. The summed E-state index contributed by atoms with van der Waals surface area (Å²) >= 11 is 0. The summed E-state index contributed by atoms with van der Waals surface area (Å²) in [6.07, 6.45) is 45.7. The van der Waals surface area contributed by atoms with Gasteiger partial charge < -0.3 is 75.1 Å². The number of hydrogen-bond donors (Lipinski definition) is 0. The third kappa shape index (κ3) is 24.7. The Hall–Kier alpha value is -4.78. The van der Waals surface area contributed by atoms with E-state index in [9.17, 15) is 0 Å². The molecule has 0 saturated heterocycles. The van der Waals surface area contributed by atoms with Crippen LogP contribution in [0.5, 0.6) is 46.0 Å². The van der Waals surface area contributed by atoms with Crippen LogP contribution in [0.3, 0.4) is 0 Å². The highest BCUT2D eigenvalue weighted by Gasteiger charge is 2.48. The number of ether oxygens (including phenoxy) is 8. The van der Waals surface area contributed by atoms with Gasteiger partial charge in [-0.3, -0.25) is 0 Å². The first-order valence-corrected chi connectivity index (χ1v) is 46.0. The molecule has 0 spiro atoms.